The molecule has 1 fully saturated rings. The Morgan fingerprint density at radius 3 is 2.75 bits per heavy atom. The molecule has 0 spiro atoms. The highest BCUT2D eigenvalue weighted by atomic mass is 16.1. The van der Waals surface area contributed by atoms with Crippen molar-refractivity contribution in [2.45, 2.75) is 52.1 Å². The van der Waals surface area contributed by atoms with Crippen molar-refractivity contribution in [2.75, 3.05) is 6.54 Å². The molecular formula is C17H26N2O. The smallest absolute Gasteiger partial charge is 0.222 e. The van der Waals surface area contributed by atoms with Gasteiger partial charge in [0.15, 0.2) is 0 Å². The molecule has 20 heavy (non-hydrogen) atoms. The quantitative estimate of drug-likeness (QED) is 0.886. The molecule has 0 bridgehead atoms. The second-order valence-corrected chi connectivity index (χ2v) is 6.08. The number of carbonyl (C=O) groups excluding carboxylic acids is 1. The van der Waals surface area contributed by atoms with E-state index in [1.165, 1.54) is 18.4 Å². The van der Waals surface area contributed by atoms with Crippen molar-refractivity contribution in [1.29, 1.82) is 0 Å². The minimum absolute atomic E-state index is 0.0713. The van der Waals surface area contributed by atoms with Gasteiger partial charge < -0.3 is 10.6 Å². The molecule has 1 heterocycles. The van der Waals surface area contributed by atoms with E-state index in [0.29, 0.717) is 18.4 Å². The predicted octanol–water partition coefficient (Wildman–Crippen LogP) is 2.95. The first-order valence-corrected chi connectivity index (χ1v) is 7.65. The minimum Gasteiger partial charge on any atom is -0.350 e. The van der Waals surface area contributed by atoms with Gasteiger partial charge in [0.05, 0.1) is 6.04 Å². The molecule has 1 aromatic rings. The van der Waals surface area contributed by atoms with Gasteiger partial charge in [-0.2, -0.15) is 0 Å². The van der Waals surface area contributed by atoms with E-state index in [0.717, 1.165) is 12.1 Å². The van der Waals surface area contributed by atoms with Crippen LogP contribution in [-0.4, -0.2) is 18.5 Å². The van der Waals surface area contributed by atoms with Crippen LogP contribution in [0.1, 0.15) is 50.3 Å². The van der Waals surface area contributed by atoms with Crippen LogP contribution in [0, 0.1) is 12.8 Å². The van der Waals surface area contributed by atoms with E-state index in [1.807, 2.05) is 6.92 Å². The van der Waals surface area contributed by atoms with Crippen molar-refractivity contribution in [3.8, 4) is 0 Å². The van der Waals surface area contributed by atoms with Gasteiger partial charge in [0.1, 0.15) is 0 Å². The molecule has 1 aliphatic heterocycles. The van der Waals surface area contributed by atoms with Gasteiger partial charge in [0, 0.05) is 12.5 Å². The molecule has 1 aromatic carbocycles. The van der Waals surface area contributed by atoms with Crippen LogP contribution < -0.4 is 10.6 Å². The van der Waals surface area contributed by atoms with E-state index >= 15 is 0 Å². The lowest BCUT2D eigenvalue weighted by molar-refractivity contribution is -0.122. The van der Waals surface area contributed by atoms with E-state index in [9.17, 15) is 4.79 Å². The maximum absolute atomic E-state index is 12.2. The van der Waals surface area contributed by atoms with Gasteiger partial charge >= 0.3 is 0 Å². The summed E-state index contributed by atoms with van der Waals surface area (Å²) in [6.45, 7) is 7.38. The number of amides is 1. The first-order chi connectivity index (χ1) is 9.56. The molecule has 3 heteroatoms. The second-order valence-electron chi connectivity index (χ2n) is 6.08. The van der Waals surface area contributed by atoms with Crippen molar-refractivity contribution in [2.24, 2.45) is 5.92 Å². The summed E-state index contributed by atoms with van der Waals surface area (Å²) in [5.41, 5.74) is 2.40. The lowest BCUT2D eigenvalue weighted by Crippen LogP contribution is -2.43. The Hall–Kier alpha value is -1.35. The Balaban J connectivity index is 1.85. The van der Waals surface area contributed by atoms with Crippen molar-refractivity contribution in [1.82, 2.24) is 10.6 Å². The summed E-state index contributed by atoms with van der Waals surface area (Å²) in [6.07, 6.45) is 3.02. The number of aryl methyl sites for hydroxylation is 1. The monoisotopic (exact) mass is 274 g/mol. The van der Waals surface area contributed by atoms with Crippen LogP contribution in [0.25, 0.3) is 0 Å². The normalized spacial score (nSPS) is 24.1. The Bertz CT molecular complexity index is 441. The highest BCUT2D eigenvalue weighted by Gasteiger charge is 2.23. The Labute approximate surface area is 122 Å². The summed E-state index contributed by atoms with van der Waals surface area (Å²) in [5, 5.41) is 6.56. The van der Waals surface area contributed by atoms with Crippen molar-refractivity contribution in [3.05, 3.63) is 35.4 Å². The Morgan fingerprint density at radius 1 is 1.40 bits per heavy atom. The SMILES string of the molecule is Cc1ccc(C(C)NC(=O)CC2NCCCC2C)cc1. The molecule has 3 atom stereocenters. The molecule has 0 aliphatic carbocycles. The molecule has 3 nitrogen and oxygen atoms in total. The van der Waals surface area contributed by atoms with Gasteiger partial charge in [-0.05, 0) is 44.7 Å². The Kier molecular flexibility index (Phi) is 5.18. The summed E-state index contributed by atoms with van der Waals surface area (Å²) < 4.78 is 0. The van der Waals surface area contributed by atoms with Gasteiger partial charge in [-0.25, -0.2) is 0 Å². The number of hydrogen-bond donors (Lipinski definition) is 2. The van der Waals surface area contributed by atoms with Gasteiger partial charge in [-0.3, -0.25) is 4.79 Å². The third-order valence-corrected chi connectivity index (χ3v) is 4.29. The first kappa shape index (κ1) is 15.0. The molecule has 3 unspecified atom stereocenters. The number of nitrogens with one attached hydrogen (secondary N) is 2. The molecule has 110 valence electrons. The maximum Gasteiger partial charge on any atom is 0.222 e. The molecule has 1 saturated heterocycles. The van der Waals surface area contributed by atoms with Gasteiger partial charge in [0.2, 0.25) is 5.91 Å². The zero-order valence-electron chi connectivity index (χ0n) is 12.8. The molecule has 1 aliphatic rings. The third kappa shape index (κ3) is 4.07. The Morgan fingerprint density at radius 2 is 2.10 bits per heavy atom. The van der Waals surface area contributed by atoms with Crippen molar-refractivity contribution >= 4 is 5.91 Å². The van der Waals surface area contributed by atoms with Gasteiger partial charge in [-0.1, -0.05) is 36.8 Å². The van der Waals surface area contributed by atoms with Crippen LogP contribution in [-0.2, 0) is 4.79 Å². The predicted molar refractivity (Wildman–Crippen MR) is 82.5 cm³/mol. The fourth-order valence-electron chi connectivity index (χ4n) is 2.83. The summed E-state index contributed by atoms with van der Waals surface area (Å²) in [6, 6.07) is 8.74. The fourth-order valence-corrected chi connectivity index (χ4v) is 2.83. The van der Waals surface area contributed by atoms with E-state index in [-0.39, 0.29) is 11.9 Å². The summed E-state index contributed by atoms with van der Waals surface area (Å²) in [4.78, 5) is 12.2. The molecule has 0 radical (unpaired) electrons. The van der Waals surface area contributed by atoms with E-state index < -0.39 is 0 Å². The highest BCUT2D eigenvalue weighted by molar-refractivity contribution is 5.77. The fraction of sp³-hybridized carbons (Fsp3) is 0.588. The second kappa shape index (κ2) is 6.89. The summed E-state index contributed by atoms with van der Waals surface area (Å²) >= 11 is 0. The standard InChI is InChI=1S/C17H26N2O/c1-12-6-8-15(9-7-12)14(3)19-17(20)11-16-13(2)5-4-10-18-16/h6-9,13-14,16,18H,4-5,10-11H2,1-3H3,(H,19,20). The zero-order chi connectivity index (χ0) is 14.5. The highest BCUT2D eigenvalue weighted by Crippen LogP contribution is 2.19. The topological polar surface area (TPSA) is 41.1 Å². The van der Waals surface area contributed by atoms with Crippen LogP contribution in [0.2, 0.25) is 0 Å². The lowest BCUT2D eigenvalue weighted by Gasteiger charge is -2.30. The van der Waals surface area contributed by atoms with Crippen molar-refractivity contribution in [3.63, 3.8) is 0 Å². The summed E-state index contributed by atoms with van der Waals surface area (Å²) in [7, 11) is 0. The van der Waals surface area contributed by atoms with E-state index in [2.05, 4.69) is 48.7 Å². The van der Waals surface area contributed by atoms with Crippen LogP contribution in [0.3, 0.4) is 0 Å². The molecule has 2 rings (SSSR count). The van der Waals surface area contributed by atoms with Gasteiger partial charge in [0.25, 0.3) is 0 Å². The molecule has 0 aromatic heterocycles. The van der Waals surface area contributed by atoms with Crippen LogP contribution in [0.15, 0.2) is 24.3 Å². The molecule has 1 amide bonds. The van der Waals surface area contributed by atoms with Crippen LogP contribution in [0.5, 0.6) is 0 Å². The summed E-state index contributed by atoms with van der Waals surface area (Å²) in [5.74, 6) is 0.730. The number of carbonyl (C=O) groups is 1. The van der Waals surface area contributed by atoms with Crippen molar-refractivity contribution < 1.29 is 4.79 Å². The largest absolute Gasteiger partial charge is 0.350 e. The van der Waals surface area contributed by atoms with E-state index in [4.69, 9.17) is 0 Å². The average molecular weight is 274 g/mol. The maximum atomic E-state index is 12.2. The minimum atomic E-state index is 0.0713. The number of rotatable bonds is 4. The first-order valence-electron chi connectivity index (χ1n) is 7.65. The average Bonchev–Trinajstić information content (AvgIpc) is 2.42. The lowest BCUT2D eigenvalue weighted by atomic mass is 9.90. The van der Waals surface area contributed by atoms with E-state index in [1.54, 1.807) is 0 Å². The molecular weight excluding hydrogens is 248 g/mol. The molecule has 0 saturated carbocycles. The van der Waals surface area contributed by atoms with Crippen LogP contribution in [0.4, 0.5) is 0 Å². The van der Waals surface area contributed by atoms with Gasteiger partial charge in [-0.15, -0.1) is 0 Å². The number of piperidine rings is 1. The number of hydrogen-bond acceptors (Lipinski definition) is 2. The third-order valence-electron chi connectivity index (χ3n) is 4.29. The number of benzene rings is 1. The zero-order valence-corrected chi connectivity index (χ0v) is 12.8. The molecule has 2 N–H and O–H groups in total. The van der Waals surface area contributed by atoms with Crippen LogP contribution >= 0.6 is 0 Å².